The van der Waals surface area contributed by atoms with Crippen molar-refractivity contribution in [3.05, 3.63) is 92.5 Å². The average Bonchev–Trinajstić information content (AvgIpc) is 3.11. The van der Waals surface area contributed by atoms with Crippen LogP contribution in [0.1, 0.15) is 16.7 Å². The topological polar surface area (TPSA) is 84.9 Å². The zero-order chi connectivity index (χ0) is 26.5. The first kappa shape index (κ1) is 26.4. The van der Waals surface area contributed by atoms with Gasteiger partial charge >= 0.3 is 0 Å². The van der Waals surface area contributed by atoms with Gasteiger partial charge in [0.25, 0.3) is 11.1 Å². The van der Waals surface area contributed by atoms with Crippen molar-refractivity contribution in [3.8, 4) is 11.5 Å². The van der Waals surface area contributed by atoms with Crippen LogP contribution in [0.3, 0.4) is 0 Å². The van der Waals surface area contributed by atoms with Crippen molar-refractivity contribution in [2.24, 2.45) is 0 Å². The molecule has 3 aromatic rings. The molecule has 0 radical (unpaired) electrons. The molecule has 0 atom stereocenters. The van der Waals surface area contributed by atoms with E-state index in [1.54, 1.807) is 18.2 Å². The number of aryl methyl sites for hydroxylation is 1. The van der Waals surface area contributed by atoms with Gasteiger partial charge in [-0.2, -0.15) is 0 Å². The van der Waals surface area contributed by atoms with Crippen molar-refractivity contribution in [2.75, 3.05) is 19.0 Å². The SMILES string of the molecule is COc1cc(/C=C2/SC(=O)N(CC(=O)Nc3cccc(F)c3)C2=O)cc(Br)c1OCc1ccc(C)cc1. The summed E-state index contributed by atoms with van der Waals surface area (Å²) in [6, 6.07) is 16.8. The van der Waals surface area contributed by atoms with E-state index < -0.39 is 29.4 Å². The van der Waals surface area contributed by atoms with E-state index in [9.17, 15) is 18.8 Å². The zero-order valence-corrected chi connectivity index (χ0v) is 22.3. The molecule has 3 aromatic carbocycles. The molecule has 0 aromatic heterocycles. The van der Waals surface area contributed by atoms with Gasteiger partial charge in [-0.25, -0.2) is 4.39 Å². The van der Waals surface area contributed by atoms with E-state index in [1.807, 2.05) is 31.2 Å². The largest absolute Gasteiger partial charge is 0.493 e. The van der Waals surface area contributed by atoms with E-state index in [4.69, 9.17) is 9.47 Å². The van der Waals surface area contributed by atoms with Gasteiger partial charge in [0.15, 0.2) is 11.5 Å². The normalized spacial score (nSPS) is 14.3. The Labute approximate surface area is 225 Å². The Bertz CT molecular complexity index is 1390. The first-order chi connectivity index (χ1) is 17.7. The van der Waals surface area contributed by atoms with E-state index in [2.05, 4.69) is 21.2 Å². The van der Waals surface area contributed by atoms with Crippen molar-refractivity contribution in [1.29, 1.82) is 0 Å². The molecular formula is C27H22BrFN2O5S. The lowest BCUT2D eigenvalue weighted by Gasteiger charge is -2.14. The van der Waals surface area contributed by atoms with Crippen LogP contribution in [0.25, 0.3) is 6.08 Å². The summed E-state index contributed by atoms with van der Waals surface area (Å²) in [7, 11) is 1.51. The lowest BCUT2D eigenvalue weighted by atomic mass is 10.1. The van der Waals surface area contributed by atoms with Gasteiger partial charge in [-0.1, -0.05) is 35.9 Å². The number of carbonyl (C=O) groups excluding carboxylic acids is 3. The van der Waals surface area contributed by atoms with Gasteiger partial charge in [-0.15, -0.1) is 0 Å². The number of halogens is 2. The number of nitrogens with zero attached hydrogens (tertiary/aromatic N) is 1. The number of hydrogen-bond acceptors (Lipinski definition) is 6. The maximum atomic E-state index is 13.3. The van der Waals surface area contributed by atoms with Crippen LogP contribution in [0.5, 0.6) is 11.5 Å². The molecule has 0 spiro atoms. The fourth-order valence-electron chi connectivity index (χ4n) is 3.50. The standard InChI is InChI=1S/C27H22BrFN2O5S/c1-16-6-8-17(9-7-16)15-36-25-21(28)10-18(11-22(25)35-2)12-23-26(33)31(27(34)37-23)14-24(32)30-20-5-3-4-19(29)13-20/h3-13H,14-15H2,1-2H3,(H,30,32)/b23-12+. The number of imide groups is 1. The van der Waals surface area contributed by atoms with Gasteiger partial charge in [0, 0.05) is 5.69 Å². The molecule has 4 rings (SSSR count). The van der Waals surface area contributed by atoms with Gasteiger partial charge in [-0.3, -0.25) is 19.3 Å². The second-order valence-electron chi connectivity index (χ2n) is 8.13. The van der Waals surface area contributed by atoms with Gasteiger partial charge < -0.3 is 14.8 Å². The van der Waals surface area contributed by atoms with Crippen LogP contribution >= 0.6 is 27.7 Å². The Hall–Kier alpha value is -3.63. The van der Waals surface area contributed by atoms with Crippen LogP contribution in [0.15, 0.2) is 70.0 Å². The van der Waals surface area contributed by atoms with Gasteiger partial charge in [0.2, 0.25) is 5.91 Å². The highest BCUT2D eigenvalue weighted by Crippen LogP contribution is 2.39. The van der Waals surface area contributed by atoms with Crippen molar-refractivity contribution >= 4 is 56.5 Å². The van der Waals surface area contributed by atoms with Crippen LogP contribution < -0.4 is 14.8 Å². The molecule has 0 bridgehead atoms. The number of carbonyl (C=O) groups is 3. The van der Waals surface area contributed by atoms with E-state index in [-0.39, 0.29) is 10.6 Å². The molecule has 0 saturated carbocycles. The predicted octanol–water partition coefficient (Wildman–Crippen LogP) is 6.16. The first-order valence-corrected chi connectivity index (χ1v) is 12.7. The minimum absolute atomic E-state index is 0.158. The third kappa shape index (κ3) is 6.58. The third-order valence-corrected chi connectivity index (χ3v) is 6.83. The Morgan fingerprint density at radius 1 is 1.14 bits per heavy atom. The first-order valence-electron chi connectivity index (χ1n) is 11.1. The number of hydrogen-bond donors (Lipinski definition) is 1. The number of nitrogens with one attached hydrogen (secondary N) is 1. The molecule has 10 heteroatoms. The Balaban J connectivity index is 1.46. The molecular weight excluding hydrogens is 563 g/mol. The summed E-state index contributed by atoms with van der Waals surface area (Å²) in [4.78, 5) is 38.6. The fourth-order valence-corrected chi connectivity index (χ4v) is 4.91. The van der Waals surface area contributed by atoms with Crippen LogP contribution in [0, 0.1) is 12.7 Å². The number of benzene rings is 3. The van der Waals surface area contributed by atoms with E-state index >= 15 is 0 Å². The molecule has 0 aliphatic carbocycles. The van der Waals surface area contributed by atoms with Crippen molar-refractivity contribution < 1.29 is 28.2 Å². The number of ether oxygens (including phenoxy) is 2. The molecule has 1 N–H and O–H groups in total. The maximum Gasteiger partial charge on any atom is 0.294 e. The predicted molar refractivity (Wildman–Crippen MR) is 144 cm³/mol. The zero-order valence-electron chi connectivity index (χ0n) is 19.9. The molecule has 1 aliphatic heterocycles. The highest BCUT2D eigenvalue weighted by molar-refractivity contribution is 9.10. The van der Waals surface area contributed by atoms with Gasteiger partial charge in [0.1, 0.15) is 19.0 Å². The van der Waals surface area contributed by atoms with E-state index in [0.717, 1.165) is 33.9 Å². The number of amides is 3. The minimum atomic E-state index is -0.617. The van der Waals surface area contributed by atoms with Crippen LogP contribution in [-0.4, -0.2) is 35.6 Å². The van der Waals surface area contributed by atoms with Gasteiger partial charge in [0.05, 0.1) is 16.5 Å². The highest BCUT2D eigenvalue weighted by Gasteiger charge is 2.36. The number of anilines is 1. The van der Waals surface area contributed by atoms with Crippen molar-refractivity contribution in [2.45, 2.75) is 13.5 Å². The summed E-state index contributed by atoms with van der Waals surface area (Å²) in [5.41, 5.74) is 2.98. The molecule has 190 valence electrons. The smallest absolute Gasteiger partial charge is 0.294 e. The number of methoxy groups -OCH3 is 1. The van der Waals surface area contributed by atoms with E-state index in [1.165, 1.54) is 25.3 Å². The second-order valence-corrected chi connectivity index (χ2v) is 9.98. The van der Waals surface area contributed by atoms with E-state index in [0.29, 0.717) is 28.1 Å². The summed E-state index contributed by atoms with van der Waals surface area (Å²) in [6.07, 6.45) is 1.55. The molecule has 37 heavy (non-hydrogen) atoms. The summed E-state index contributed by atoms with van der Waals surface area (Å²) >= 11 is 4.23. The molecule has 1 saturated heterocycles. The van der Waals surface area contributed by atoms with Crippen molar-refractivity contribution in [3.63, 3.8) is 0 Å². The molecule has 1 fully saturated rings. The van der Waals surface area contributed by atoms with Gasteiger partial charge in [-0.05, 0) is 82.2 Å². The Morgan fingerprint density at radius 3 is 2.59 bits per heavy atom. The summed E-state index contributed by atoms with van der Waals surface area (Å²) in [5.74, 6) is -0.781. The Kier molecular flexibility index (Phi) is 8.30. The second kappa shape index (κ2) is 11.6. The molecule has 0 unspecified atom stereocenters. The molecule has 1 heterocycles. The van der Waals surface area contributed by atoms with Crippen LogP contribution in [0.4, 0.5) is 14.9 Å². The minimum Gasteiger partial charge on any atom is -0.493 e. The number of thioether (sulfide) groups is 1. The lowest BCUT2D eigenvalue weighted by Crippen LogP contribution is -2.36. The number of rotatable bonds is 8. The average molecular weight is 585 g/mol. The lowest BCUT2D eigenvalue weighted by molar-refractivity contribution is -0.127. The van der Waals surface area contributed by atoms with Crippen LogP contribution in [0.2, 0.25) is 0 Å². The summed E-state index contributed by atoms with van der Waals surface area (Å²) in [6.45, 7) is 1.86. The highest BCUT2D eigenvalue weighted by atomic mass is 79.9. The molecule has 7 nitrogen and oxygen atoms in total. The Morgan fingerprint density at radius 2 is 1.89 bits per heavy atom. The maximum absolute atomic E-state index is 13.3. The monoisotopic (exact) mass is 584 g/mol. The fraction of sp³-hybridized carbons (Fsp3) is 0.148. The summed E-state index contributed by atoms with van der Waals surface area (Å²) < 4.78 is 25.4. The molecule has 3 amide bonds. The van der Waals surface area contributed by atoms with Crippen molar-refractivity contribution in [1.82, 2.24) is 4.90 Å². The third-order valence-electron chi connectivity index (χ3n) is 5.34. The summed E-state index contributed by atoms with van der Waals surface area (Å²) in [5, 5.41) is 1.91. The molecule has 1 aliphatic rings. The van der Waals surface area contributed by atoms with Crippen LogP contribution in [-0.2, 0) is 16.2 Å². The quantitative estimate of drug-likeness (QED) is 0.319.